The first-order valence-corrected chi connectivity index (χ1v) is 7.86. The standard InChI is InChI=1S/C19H21NO/c1-13-9-10-17-16(12-13)19-15(8-5-11-21-19)18(20-17)14-6-3-2-4-7-14/h2-4,6-7,9-10,12,15,18-20H,5,8,11H2,1H3/t15?,18-,19-/m0/s1. The van der Waals surface area contributed by atoms with Crippen molar-refractivity contribution in [1.82, 2.24) is 0 Å². The summed E-state index contributed by atoms with van der Waals surface area (Å²) in [5.41, 5.74) is 5.25. The molecule has 2 nitrogen and oxygen atoms in total. The van der Waals surface area contributed by atoms with Crippen LogP contribution in [0.25, 0.3) is 0 Å². The average molecular weight is 279 g/mol. The Balaban J connectivity index is 1.79. The van der Waals surface area contributed by atoms with Gasteiger partial charge in [-0.1, -0.05) is 48.0 Å². The summed E-state index contributed by atoms with van der Waals surface area (Å²) in [5.74, 6) is 0.524. The molecule has 2 aromatic rings. The van der Waals surface area contributed by atoms with Gasteiger partial charge in [0.2, 0.25) is 0 Å². The fourth-order valence-corrected chi connectivity index (χ4v) is 3.78. The third kappa shape index (κ3) is 2.24. The minimum Gasteiger partial charge on any atom is -0.378 e. The number of ether oxygens (including phenoxy) is 1. The zero-order chi connectivity index (χ0) is 14.2. The molecule has 21 heavy (non-hydrogen) atoms. The summed E-state index contributed by atoms with van der Waals surface area (Å²) in [6.07, 6.45) is 2.62. The number of aryl methyl sites for hydroxylation is 1. The fraction of sp³-hybridized carbons (Fsp3) is 0.368. The number of anilines is 1. The molecule has 2 heterocycles. The zero-order valence-corrected chi connectivity index (χ0v) is 12.4. The van der Waals surface area contributed by atoms with Gasteiger partial charge in [0.1, 0.15) is 0 Å². The summed E-state index contributed by atoms with van der Waals surface area (Å²) in [6.45, 7) is 3.04. The summed E-state index contributed by atoms with van der Waals surface area (Å²) in [7, 11) is 0. The number of rotatable bonds is 1. The Bertz CT molecular complexity index is 637. The normalized spacial score (nSPS) is 27.4. The first kappa shape index (κ1) is 12.9. The van der Waals surface area contributed by atoms with E-state index in [2.05, 4.69) is 60.8 Å². The molecule has 1 fully saturated rings. The first-order chi connectivity index (χ1) is 10.3. The van der Waals surface area contributed by atoms with Gasteiger partial charge in [-0.3, -0.25) is 0 Å². The van der Waals surface area contributed by atoms with Crippen LogP contribution in [0.2, 0.25) is 0 Å². The predicted octanol–water partition coefficient (Wildman–Crippen LogP) is 4.63. The molecule has 2 aliphatic heterocycles. The second kappa shape index (κ2) is 5.19. The molecule has 0 aromatic heterocycles. The lowest BCUT2D eigenvalue weighted by atomic mass is 9.77. The molecular weight excluding hydrogens is 258 g/mol. The quantitative estimate of drug-likeness (QED) is 0.821. The molecule has 0 radical (unpaired) electrons. The second-order valence-electron chi connectivity index (χ2n) is 6.22. The van der Waals surface area contributed by atoms with Gasteiger partial charge in [-0.05, 0) is 31.4 Å². The van der Waals surface area contributed by atoms with Crippen LogP contribution >= 0.6 is 0 Å². The smallest absolute Gasteiger partial charge is 0.0895 e. The lowest BCUT2D eigenvalue weighted by Crippen LogP contribution is -2.36. The van der Waals surface area contributed by atoms with E-state index in [0.29, 0.717) is 12.0 Å². The second-order valence-corrected chi connectivity index (χ2v) is 6.22. The molecule has 0 saturated carbocycles. The molecule has 2 aromatic carbocycles. The number of hydrogen-bond donors (Lipinski definition) is 1. The Morgan fingerprint density at radius 2 is 1.95 bits per heavy atom. The van der Waals surface area contributed by atoms with Gasteiger partial charge < -0.3 is 10.1 Å². The van der Waals surface area contributed by atoms with E-state index in [-0.39, 0.29) is 6.10 Å². The van der Waals surface area contributed by atoms with E-state index in [9.17, 15) is 0 Å². The molecule has 108 valence electrons. The van der Waals surface area contributed by atoms with E-state index in [1.165, 1.54) is 28.8 Å². The van der Waals surface area contributed by atoms with E-state index in [1.54, 1.807) is 0 Å². The molecule has 2 heteroatoms. The molecular formula is C19H21NO. The van der Waals surface area contributed by atoms with Crippen LogP contribution in [0.1, 0.15) is 41.7 Å². The van der Waals surface area contributed by atoms with Crippen molar-refractivity contribution in [3.63, 3.8) is 0 Å². The summed E-state index contributed by atoms with van der Waals surface area (Å²) < 4.78 is 6.18. The minimum atomic E-state index is 0.236. The topological polar surface area (TPSA) is 21.3 Å². The summed E-state index contributed by atoms with van der Waals surface area (Å²) >= 11 is 0. The molecule has 1 saturated heterocycles. The number of nitrogens with one attached hydrogen (secondary N) is 1. The van der Waals surface area contributed by atoms with Gasteiger partial charge in [0.15, 0.2) is 0 Å². The van der Waals surface area contributed by atoms with E-state index >= 15 is 0 Å². The molecule has 4 rings (SSSR count). The Labute approximate surface area is 126 Å². The highest BCUT2D eigenvalue weighted by Crippen LogP contribution is 2.49. The maximum absolute atomic E-state index is 6.18. The molecule has 1 N–H and O–H groups in total. The van der Waals surface area contributed by atoms with Gasteiger partial charge in [-0.25, -0.2) is 0 Å². The Hall–Kier alpha value is -1.80. The van der Waals surface area contributed by atoms with Crippen molar-refractivity contribution in [3.8, 4) is 0 Å². The molecule has 2 aliphatic rings. The summed E-state index contributed by atoms with van der Waals surface area (Å²) in [4.78, 5) is 0. The lowest BCUT2D eigenvalue weighted by molar-refractivity contribution is -0.0381. The van der Waals surface area contributed by atoms with Crippen LogP contribution in [0, 0.1) is 12.8 Å². The van der Waals surface area contributed by atoms with Crippen LogP contribution < -0.4 is 5.32 Å². The van der Waals surface area contributed by atoms with Crippen molar-refractivity contribution in [2.24, 2.45) is 5.92 Å². The van der Waals surface area contributed by atoms with Crippen LogP contribution in [0.3, 0.4) is 0 Å². The maximum Gasteiger partial charge on any atom is 0.0895 e. The Morgan fingerprint density at radius 1 is 1.10 bits per heavy atom. The van der Waals surface area contributed by atoms with Crippen LogP contribution in [-0.2, 0) is 4.74 Å². The predicted molar refractivity (Wildman–Crippen MR) is 85.4 cm³/mol. The minimum absolute atomic E-state index is 0.236. The van der Waals surface area contributed by atoms with Crippen molar-refractivity contribution in [2.75, 3.05) is 11.9 Å². The van der Waals surface area contributed by atoms with Crippen molar-refractivity contribution in [2.45, 2.75) is 31.9 Å². The van der Waals surface area contributed by atoms with Crippen molar-refractivity contribution >= 4 is 5.69 Å². The monoisotopic (exact) mass is 279 g/mol. The van der Waals surface area contributed by atoms with Crippen molar-refractivity contribution in [1.29, 1.82) is 0 Å². The van der Waals surface area contributed by atoms with Gasteiger partial charge in [0, 0.05) is 23.8 Å². The van der Waals surface area contributed by atoms with Crippen LogP contribution in [0.5, 0.6) is 0 Å². The first-order valence-electron chi connectivity index (χ1n) is 7.86. The Kier molecular flexibility index (Phi) is 3.19. The molecule has 0 aliphatic carbocycles. The van der Waals surface area contributed by atoms with Crippen LogP contribution in [-0.4, -0.2) is 6.61 Å². The summed E-state index contributed by atoms with van der Waals surface area (Å²) in [6, 6.07) is 17.8. The highest BCUT2D eigenvalue weighted by atomic mass is 16.5. The van der Waals surface area contributed by atoms with Gasteiger partial charge in [0.25, 0.3) is 0 Å². The highest BCUT2D eigenvalue weighted by molar-refractivity contribution is 5.58. The van der Waals surface area contributed by atoms with Gasteiger partial charge in [0.05, 0.1) is 12.1 Å². The van der Waals surface area contributed by atoms with E-state index < -0.39 is 0 Å². The molecule has 0 bridgehead atoms. The summed E-state index contributed by atoms with van der Waals surface area (Å²) in [5, 5.41) is 3.76. The van der Waals surface area contributed by atoms with Gasteiger partial charge >= 0.3 is 0 Å². The molecule has 1 unspecified atom stereocenters. The average Bonchev–Trinajstić information content (AvgIpc) is 2.55. The van der Waals surface area contributed by atoms with Crippen molar-refractivity contribution in [3.05, 3.63) is 65.2 Å². The fourth-order valence-electron chi connectivity index (χ4n) is 3.78. The maximum atomic E-state index is 6.18. The number of fused-ring (bicyclic) bond motifs is 3. The van der Waals surface area contributed by atoms with Crippen molar-refractivity contribution < 1.29 is 4.74 Å². The van der Waals surface area contributed by atoms with Gasteiger partial charge in [-0.2, -0.15) is 0 Å². The molecule has 0 spiro atoms. The van der Waals surface area contributed by atoms with Gasteiger partial charge in [-0.15, -0.1) is 0 Å². The third-order valence-corrected chi connectivity index (χ3v) is 4.78. The largest absolute Gasteiger partial charge is 0.378 e. The number of benzene rings is 2. The SMILES string of the molecule is Cc1ccc2c(c1)[C@H]1OCCCC1[C@H](c1ccccc1)N2. The van der Waals surface area contributed by atoms with E-state index in [1.807, 2.05) is 0 Å². The lowest BCUT2D eigenvalue weighted by Gasteiger charge is -2.43. The third-order valence-electron chi connectivity index (χ3n) is 4.78. The number of hydrogen-bond acceptors (Lipinski definition) is 2. The van der Waals surface area contributed by atoms with Crippen LogP contribution in [0.4, 0.5) is 5.69 Å². The Morgan fingerprint density at radius 3 is 2.81 bits per heavy atom. The highest BCUT2D eigenvalue weighted by Gasteiger charge is 2.39. The molecule has 0 amide bonds. The van der Waals surface area contributed by atoms with Crippen LogP contribution in [0.15, 0.2) is 48.5 Å². The van der Waals surface area contributed by atoms with E-state index in [4.69, 9.17) is 4.74 Å². The zero-order valence-electron chi connectivity index (χ0n) is 12.4. The van der Waals surface area contributed by atoms with E-state index in [0.717, 1.165) is 13.0 Å². The molecule has 3 atom stereocenters.